The highest BCUT2D eigenvalue weighted by atomic mass is 28.4. The summed E-state index contributed by atoms with van der Waals surface area (Å²) in [5, 5.41) is 0.227. The summed E-state index contributed by atoms with van der Waals surface area (Å²) in [5.41, 5.74) is 1.15. The second kappa shape index (κ2) is 6.57. The van der Waals surface area contributed by atoms with Gasteiger partial charge in [-0.2, -0.15) is 0 Å². The molecule has 2 rings (SSSR count). The SMILES string of the molecule is COc1ccc([C@H]2C=C[C@@H](CO[Si](C)(C)C(C)(C)C)O2)cc1. The Kier molecular flexibility index (Phi) is 5.15. The molecule has 1 aromatic rings. The largest absolute Gasteiger partial charge is 0.497 e. The number of ether oxygens (including phenoxy) is 2. The number of hydrogen-bond acceptors (Lipinski definition) is 3. The molecule has 0 spiro atoms. The van der Waals surface area contributed by atoms with E-state index >= 15 is 0 Å². The van der Waals surface area contributed by atoms with Crippen LogP contribution in [0.15, 0.2) is 36.4 Å². The van der Waals surface area contributed by atoms with Crippen LogP contribution in [0, 0.1) is 0 Å². The van der Waals surface area contributed by atoms with Crippen molar-refractivity contribution < 1.29 is 13.9 Å². The highest BCUT2D eigenvalue weighted by Gasteiger charge is 2.38. The van der Waals surface area contributed by atoms with Crippen molar-refractivity contribution in [2.24, 2.45) is 0 Å². The van der Waals surface area contributed by atoms with Crippen LogP contribution >= 0.6 is 0 Å². The quantitative estimate of drug-likeness (QED) is 0.581. The van der Waals surface area contributed by atoms with E-state index in [-0.39, 0.29) is 17.2 Å². The Morgan fingerprint density at radius 3 is 2.27 bits per heavy atom. The molecule has 1 aliphatic rings. The topological polar surface area (TPSA) is 27.7 Å². The molecule has 0 aromatic heterocycles. The summed E-state index contributed by atoms with van der Waals surface area (Å²) in [7, 11) is -0.0407. The maximum absolute atomic E-state index is 6.24. The summed E-state index contributed by atoms with van der Waals surface area (Å²) in [5.74, 6) is 0.864. The van der Waals surface area contributed by atoms with E-state index in [1.54, 1.807) is 7.11 Å². The van der Waals surface area contributed by atoms with Crippen LogP contribution < -0.4 is 4.74 Å². The molecule has 3 nitrogen and oxygen atoms in total. The Morgan fingerprint density at radius 2 is 1.73 bits per heavy atom. The molecule has 0 N–H and O–H groups in total. The van der Waals surface area contributed by atoms with Crippen molar-refractivity contribution in [2.75, 3.05) is 13.7 Å². The molecule has 0 aliphatic carbocycles. The standard InChI is InChI=1S/C18H28O3Si/c1-18(2,3)22(5,6)20-13-16-11-12-17(21-16)14-7-9-15(19-4)10-8-14/h7-12,16-17H,13H2,1-6H3/t16-,17+/m0/s1. The molecule has 22 heavy (non-hydrogen) atoms. The summed E-state index contributed by atoms with van der Waals surface area (Å²) >= 11 is 0. The Labute approximate surface area is 135 Å². The highest BCUT2D eigenvalue weighted by molar-refractivity contribution is 6.74. The predicted molar refractivity (Wildman–Crippen MR) is 92.9 cm³/mol. The summed E-state index contributed by atoms with van der Waals surface area (Å²) in [4.78, 5) is 0. The molecule has 0 saturated carbocycles. The second-order valence-electron chi connectivity index (χ2n) is 7.32. The van der Waals surface area contributed by atoms with Crippen LogP contribution in [-0.2, 0) is 9.16 Å². The van der Waals surface area contributed by atoms with Gasteiger partial charge in [0.15, 0.2) is 8.32 Å². The normalized spacial score (nSPS) is 22.1. The van der Waals surface area contributed by atoms with Crippen molar-refractivity contribution in [1.82, 2.24) is 0 Å². The van der Waals surface area contributed by atoms with E-state index in [0.29, 0.717) is 6.61 Å². The van der Waals surface area contributed by atoms with Gasteiger partial charge in [-0.05, 0) is 35.8 Å². The molecule has 0 bridgehead atoms. The van der Waals surface area contributed by atoms with Gasteiger partial charge in [-0.1, -0.05) is 45.1 Å². The van der Waals surface area contributed by atoms with Crippen LogP contribution in [0.3, 0.4) is 0 Å². The fourth-order valence-corrected chi connectivity index (χ4v) is 3.10. The van der Waals surface area contributed by atoms with E-state index in [4.69, 9.17) is 13.9 Å². The molecule has 122 valence electrons. The lowest BCUT2D eigenvalue weighted by molar-refractivity contribution is 0.0282. The predicted octanol–water partition coefficient (Wildman–Crippen LogP) is 4.71. The van der Waals surface area contributed by atoms with Gasteiger partial charge in [-0.3, -0.25) is 0 Å². The van der Waals surface area contributed by atoms with Crippen LogP contribution in [0.25, 0.3) is 0 Å². The number of methoxy groups -OCH3 is 1. The van der Waals surface area contributed by atoms with Gasteiger partial charge in [-0.25, -0.2) is 0 Å². The van der Waals surface area contributed by atoms with E-state index < -0.39 is 8.32 Å². The molecule has 1 aromatic carbocycles. The zero-order chi connectivity index (χ0) is 16.4. The van der Waals surface area contributed by atoms with Gasteiger partial charge >= 0.3 is 0 Å². The lowest BCUT2D eigenvalue weighted by Gasteiger charge is -2.36. The first-order chi connectivity index (χ1) is 10.2. The van der Waals surface area contributed by atoms with Crippen molar-refractivity contribution in [3.63, 3.8) is 0 Å². The van der Waals surface area contributed by atoms with Crippen LogP contribution in [0.1, 0.15) is 32.4 Å². The lowest BCUT2D eigenvalue weighted by atomic mass is 10.1. The first-order valence-corrected chi connectivity index (χ1v) is 10.8. The second-order valence-corrected chi connectivity index (χ2v) is 12.1. The van der Waals surface area contributed by atoms with Gasteiger partial charge in [-0.15, -0.1) is 0 Å². The Morgan fingerprint density at radius 1 is 1.09 bits per heavy atom. The smallest absolute Gasteiger partial charge is 0.192 e. The van der Waals surface area contributed by atoms with Gasteiger partial charge in [0.1, 0.15) is 11.9 Å². The number of rotatable bonds is 5. The molecule has 0 unspecified atom stereocenters. The summed E-state index contributed by atoms with van der Waals surface area (Å²) in [6.45, 7) is 11.9. The third-order valence-corrected chi connectivity index (χ3v) is 9.18. The van der Waals surface area contributed by atoms with Crippen molar-refractivity contribution in [1.29, 1.82) is 0 Å². The molecule has 1 aliphatic heterocycles. The summed E-state index contributed by atoms with van der Waals surface area (Å²) in [6, 6.07) is 8.02. The van der Waals surface area contributed by atoms with Crippen LogP contribution in [0.5, 0.6) is 5.75 Å². The molecular formula is C18H28O3Si. The maximum atomic E-state index is 6.24. The average Bonchev–Trinajstić information content (AvgIpc) is 2.93. The average molecular weight is 321 g/mol. The van der Waals surface area contributed by atoms with E-state index in [2.05, 4.69) is 46.0 Å². The van der Waals surface area contributed by atoms with Crippen molar-refractivity contribution >= 4 is 8.32 Å². The third kappa shape index (κ3) is 4.00. The van der Waals surface area contributed by atoms with Crippen molar-refractivity contribution in [2.45, 2.75) is 51.1 Å². The van der Waals surface area contributed by atoms with E-state index in [0.717, 1.165) is 11.3 Å². The first kappa shape index (κ1) is 17.3. The maximum Gasteiger partial charge on any atom is 0.192 e. The molecule has 2 atom stereocenters. The fourth-order valence-electron chi connectivity index (χ4n) is 2.09. The molecule has 0 amide bonds. The Hall–Kier alpha value is -1.10. The van der Waals surface area contributed by atoms with E-state index in [9.17, 15) is 0 Å². The van der Waals surface area contributed by atoms with E-state index in [1.807, 2.05) is 24.3 Å². The lowest BCUT2D eigenvalue weighted by Crippen LogP contribution is -2.42. The molecule has 0 radical (unpaired) electrons. The zero-order valence-corrected chi connectivity index (χ0v) is 15.6. The third-order valence-electron chi connectivity index (χ3n) is 4.68. The number of benzene rings is 1. The van der Waals surface area contributed by atoms with Gasteiger partial charge in [0, 0.05) is 0 Å². The molecule has 0 fully saturated rings. The van der Waals surface area contributed by atoms with Crippen LogP contribution in [-0.4, -0.2) is 28.1 Å². The van der Waals surface area contributed by atoms with Gasteiger partial charge in [0.25, 0.3) is 0 Å². The van der Waals surface area contributed by atoms with Gasteiger partial charge in [0.2, 0.25) is 0 Å². The van der Waals surface area contributed by atoms with Crippen LogP contribution in [0.2, 0.25) is 18.1 Å². The van der Waals surface area contributed by atoms with Gasteiger partial charge in [0.05, 0.1) is 19.8 Å². The minimum Gasteiger partial charge on any atom is -0.497 e. The zero-order valence-electron chi connectivity index (χ0n) is 14.6. The molecule has 1 heterocycles. The van der Waals surface area contributed by atoms with Crippen LogP contribution in [0.4, 0.5) is 0 Å². The van der Waals surface area contributed by atoms with Gasteiger partial charge < -0.3 is 13.9 Å². The van der Waals surface area contributed by atoms with Crippen molar-refractivity contribution in [3.05, 3.63) is 42.0 Å². The monoisotopic (exact) mass is 320 g/mol. The molecule has 0 saturated heterocycles. The Bertz CT molecular complexity index is 514. The molecule has 4 heteroatoms. The first-order valence-electron chi connectivity index (χ1n) is 7.84. The highest BCUT2D eigenvalue weighted by Crippen LogP contribution is 2.37. The Balaban J connectivity index is 1.89. The number of hydrogen-bond donors (Lipinski definition) is 0. The van der Waals surface area contributed by atoms with E-state index in [1.165, 1.54) is 0 Å². The minimum absolute atomic E-state index is 0.0129. The summed E-state index contributed by atoms with van der Waals surface area (Å²) < 4.78 is 17.5. The van der Waals surface area contributed by atoms with Crippen molar-refractivity contribution in [3.8, 4) is 5.75 Å². The minimum atomic E-state index is -1.72. The summed E-state index contributed by atoms with van der Waals surface area (Å²) in [6.07, 6.45) is 4.28. The fraction of sp³-hybridized carbons (Fsp3) is 0.556. The molecular weight excluding hydrogens is 292 g/mol.